The molecule has 1 aliphatic rings. The van der Waals surface area contributed by atoms with E-state index in [9.17, 15) is 4.79 Å². The second-order valence-electron chi connectivity index (χ2n) is 4.58. The highest BCUT2D eigenvalue weighted by molar-refractivity contribution is 5.82. The van der Waals surface area contributed by atoms with Crippen LogP contribution in [0, 0.1) is 0 Å². The van der Waals surface area contributed by atoms with Crippen LogP contribution in [0.15, 0.2) is 66.5 Å². The van der Waals surface area contributed by atoms with Crippen molar-refractivity contribution in [3.63, 3.8) is 0 Å². The van der Waals surface area contributed by atoms with E-state index in [0.717, 1.165) is 11.1 Å². The van der Waals surface area contributed by atoms with Gasteiger partial charge in [-0.1, -0.05) is 43.0 Å². The monoisotopic (exact) mass is 286 g/mol. The maximum atomic E-state index is 11.9. The number of nitrogens with zero attached hydrogens (tertiary/aromatic N) is 1. The normalized spacial score (nSPS) is 15.8. The number of rotatable bonds is 6. The number of hydrogen-bond donors (Lipinski definition) is 1. The Morgan fingerprint density at radius 2 is 2.05 bits per heavy atom. The van der Waals surface area contributed by atoms with Gasteiger partial charge in [0.25, 0.3) is 0 Å². The zero-order chi connectivity index (χ0) is 15.2. The van der Waals surface area contributed by atoms with E-state index in [0.29, 0.717) is 5.70 Å². The minimum atomic E-state index is -0.610. The van der Waals surface area contributed by atoms with Gasteiger partial charge in [-0.05, 0) is 17.2 Å². The fraction of sp³-hybridized carbons (Fsp3) is 0.188. The second-order valence-corrected chi connectivity index (χ2v) is 4.58. The molecule has 0 saturated carbocycles. The molecule has 0 fully saturated rings. The number of primary amides is 1. The Morgan fingerprint density at radius 1 is 1.33 bits per heavy atom. The Morgan fingerprint density at radius 3 is 2.67 bits per heavy atom. The number of hydrogen-bond acceptors (Lipinski definition) is 4. The van der Waals surface area contributed by atoms with E-state index >= 15 is 0 Å². The molecule has 1 aromatic rings. The Labute approximate surface area is 123 Å². The number of nitrogens with two attached hydrogens (primary N) is 1. The summed E-state index contributed by atoms with van der Waals surface area (Å²) in [5, 5.41) is 0. The van der Waals surface area contributed by atoms with Gasteiger partial charge in [0.05, 0.1) is 7.11 Å². The smallest absolute Gasteiger partial charge is 0.245 e. The van der Waals surface area contributed by atoms with Crippen molar-refractivity contribution in [2.24, 2.45) is 5.73 Å². The summed E-state index contributed by atoms with van der Waals surface area (Å²) in [6.45, 7) is 4.23. The number of benzene rings is 1. The van der Waals surface area contributed by atoms with Crippen LogP contribution < -0.4 is 5.73 Å². The number of allylic oxidation sites excluding steroid dienone is 1. The highest BCUT2D eigenvalue weighted by Gasteiger charge is 2.26. The fourth-order valence-electron chi connectivity index (χ4n) is 2.14. The summed E-state index contributed by atoms with van der Waals surface area (Å²) in [6.07, 6.45) is 5.47. The van der Waals surface area contributed by atoms with E-state index in [1.165, 1.54) is 7.11 Å². The molecule has 0 aromatic heterocycles. The summed E-state index contributed by atoms with van der Waals surface area (Å²) >= 11 is 0. The van der Waals surface area contributed by atoms with E-state index in [1.54, 1.807) is 11.1 Å². The van der Waals surface area contributed by atoms with E-state index in [-0.39, 0.29) is 6.61 Å². The number of amides is 1. The van der Waals surface area contributed by atoms with Gasteiger partial charge in [-0.15, -0.1) is 0 Å². The summed E-state index contributed by atoms with van der Waals surface area (Å²) in [6, 6.07) is 8.74. The molecule has 5 heteroatoms. The van der Waals surface area contributed by atoms with Gasteiger partial charge in [-0.3, -0.25) is 4.79 Å². The van der Waals surface area contributed by atoms with Gasteiger partial charge in [-0.25, -0.2) is 9.78 Å². The third-order valence-corrected chi connectivity index (χ3v) is 3.13. The predicted octanol–water partition coefficient (Wildman–Crippen LogP) is 2.06. The topological polar surface area (TPSA) is 64.8 Å². The van der Waals surface area contributed by atoms with E-state index in [4.69, 9.17) is 10.6 Å². The van der Waals surface area contributed by atoms with E-state index in [2.05, 4.69) is 11.5 Å². The van der Waals surface area contributed by atoms with Gasteiger partial charge in [0, 0.05) is 11.9 Å². The summed E-state index contributed by atoms with van der Waals surface area (Å²) < 4.78 is 0. The number of carbonyl (C=O) groups is 1. The van der Waals surface area contributed by atoms with Crippen molar-refractivity contribution in [3.05, 3.63) is 72.1 Å². The molecule has 0 aliphatic carbocycles. The fourth-order valence-corrected chi connectivity index (χ4v) is 2.14. The van der Waals surface area contributed by atoms with Crippen LogP contribution in [-0.4, -0.2) is 24.5 Å². The van der Waals surface area contributed by atoms with Crippen LogP contribution in [0.25, 0.3) is 0 Å². The highest BCUT2D eigenvalue weighted by Crippen LogP contribution is 2.28. The average molecular weight is 286 g/mol. The van der Waals surface area contributed by atoms with Crippen LogP contribution in [0.1, 0.15) is 11.6 Å². The van der Waals surface area contributed by atoms with Crippen LogP contribution in [0.3, 0.4) is 0 Å². The van der Waals surface area contributed by atoms with Crippen molar-refractivity contribution in [2.75, 3.05) is 13.7 Å². The minimum Gasteiger partial charge on any atom is -0.368 e. The zero-order valence-corrected chi connectivity index (χ0v) is 11.9. The lowest BCUT2D eigenvalue weighted by atomic mass is 10.0. The maximum Gasteiger partial charge on any atom is 0.245 e. The highest BCUT2D eigenvalue weighted by atomic mass is 17.2. The Balaban J connectivity index is 2.31. The van der Waals surface area contributed by atoms with Gasteiger partial charge in [0.1, 0.15) is 12.6 Å². The first-order valence-electron chi connectivity index (χ1n) is 6.49. The predicted molar refractivity (Wildman–Crippen MR) is 79.5 cm³/mol. The molecule has 1 heterocycles. The van der Waals surface area contributed by atoms with Crippen molar-refractivity contribution < 1.29 is 14.6 Å². The van der Waals surface area contributed by atoms with Crippen molar-refractivity contribution in [1.82, 2.24) is 4.90 Å². The average Bonchev–Trinajstić information content (AvgIpc) is 2.49. The molecule has 110 valence electrons. The van der Waals surface area contributed by atoms with Gasteiger partial charge in [0.15, 0.2) is 0 Å². The first-order chi connectivity index (χ1) is 10.1. The molecule has 2 N–H and O–H groups in total. The third-order valence-electron chi connectivity index (χ3n) is 3.13. The van der Waals surface area contributed by atoms with Crippen molar-refractivity contribution in [1.29, 1.82) is 0 Å². The van der Waals surface area contributed by atoms with Crippen LogP contribution in [-0.2, 0) is 14.6 Å². The lowest BCUT2D eigenvalue weighted by molar-refractivity contribution is -0.264. The molecule has 5 nitrogen and oxygen atoms in total. The standard InChI is InChI=1S/C16H18N2O3/c1-12-8-9-13(11-21-20-2)10-18(12)15(16(17)19)14-6-4-3-5-7-14/h3-10,15H,1,11H2,2H3,(H2,17,19). The van der Waals surface area contributed by atoms with Crippen molar-refractivity contribution >= 4 is 5.91 Å². The van der Waals surface area contributed by atoms with Crippen molar-refractivity contribution in [2.45, 2.75) is 6.04 Å². The summed E-state index contributed by atoms with van der Waals surface area (Å²) in [7, 11) is 1.44. The van der Waals surface area contributed by atoms with Gasteiger partial charge in [-0.2, -0.15) is 0 Å². The van der Waals surface area contributed by atoms with Crippen molar-refractivity contribution in [3.8, 4) is 0 Å². The van der Waals surface area contributed by atoms with Crippen LogP contribution in [0.5, 0.6) is 0 Å². The molecular formula is C16H18N2O3. The minimum absolute atomic E-state index is 0.275. The molecule has 2 rings (SSSR count). The van der Waals surface area contributed by atoms with Gasteiger partial charge >= 0.3 is 0 Å². The first kappa shape index (κ1) is 15.0. The molecule has 1 aromatic carbocycles. The van der Waals surface area contributed by atoms with Crippen LogP contribution in [0.2, 0.25) is 0 Å². The van der Waals surface area contributed by atoms with Gasteiger partial charge in [0.2, 0.25) is 5.91 Å². The molecule has 0 radical (unpaired) electrons. The molecular weight excluding hydrogens is 268 g/mol. The lowest BCUT2D eigenvalue weighted by Crippen LogP contribution is -2.34. The Kier molecular flexibility index (Phi) is 4.92. The molecule has 1 atom stereocenters. The molecule has 0 bridgehead atoms. The van der Waals surface area contributed by atoms with Crippen LogP contribution >= 0.6 is 0 Å². The quantitative estimate of drug-likeness (QED) is 0.642. The van der Waals surface area contributed by atoms with Gasteiger partial charge < -0.3 is 10.6 Å². The maximum absolute atomic E-state index is 11.9. The summed E-state index contributed by atoms with van der Waals surface area (Å²) in [5.41, 5.74) is 7.92. The van der Waals surface area contributed by atoms with Crippen LogP contribution in [0.4, 0.5) is 0 Å². The Bertz CT molecular complexity index is 578. The molecule has 0 saturated heterocycles. The molecule has 1 unspecified atom stereocenters. The number of carbonyl (C=O) groups excluding carboxylic acids is 1. The zero-order valence-electron chi connectivity index (χ0n) is 11.9. The van der Waals surface area contributed by atoms with E-state index in [1.807, 2.05) is 42.5 Å². The lowest BCUT2D eigenvalue weighted by Gasteiger charge is -2.31. The summed E-state index contributed by atoms with van der Waals surface area (Å²) in [5.74, 6) is -0.444. The second kappa shape index (κ2) is 6.88. The largest absolute Gasteiger partial charge is 0.368 e. The summed E-state index contributed by atoms with van der Waals surface area (Å²) in [4.78, 5) is 23.1. The molecule has 21 heavy (non-hydrogen) atoms. The molecule has 1 amide bonds. The third kappa shape index (κ3) is 3.59. The van der Waals surface area contributed by atoms with E-state index < -0.39 is 11.9 Å². The molecule has 0 spiro atoms. The molecule has 1 aliphatic heterocycles. The Hall–Kier alpha value is -2.37. The SMILES string of the molecule is C=C1C=CC(COOC)=CN1C(C(N)=O)c1ccccc1. The first-order valence-corrected chi connectivity index (χ1v) is 6.49.